The number of sulfonamides is 1. The van der Waals surface area contributed by atoms with Crippen molar-refractivity contribution in [2.24, 2.45) is 0 Å². The molecule has 0 bridgehead atoms. The van der Waals surface area contributed by atoms with Gasteiger partial charge in [-0.2, -0.15) is 0 Å². The van der Waals surface area contributed by atoms with Gasteiger partial charge in [0.2, 0.25) is 5.91 Å². The molecule has 1 saturated heterocycles. The number of nitrogens with one attached hydrogen (secondary N) is 1. The quantitative estimate of drug-likeness (QED) is 0.767. The lowest BCUT2D eigenvalue weighted by molar-refractivity contribution is -0.132. The molecule has 1 heterocycles. The van der Waals surface area contributed by atoms with Gasteiger partial charge in [-0.05, 0) is 79.5 Å². The lowest BCUT2D eigenvalue weighted by Crippen LogP contribution is -2.40. The van der Waals surface area contributed by atoms with Gasteiger partial charge < -0.3 is 10.0 Å². The Morgan fingerprint density at radius 3 is 2.37 bits per heavy atom. The Labute approximate surface area is 178 Å². The molecule has 0 unspecified atom stereocenters. The van der Waals surface area contributed by atoms with Gasteiger partial charge in [-0.15, -0.1) is 0 Å². The van der Waals surface area contributed by atoms with Gasteiger partial charge in [0, 0.05) is 18.8 Å². The smallest absolute Gasteiger partial charge is 0.261 e. The molecule has 0 saturated carbocycles. The second-order valence-electron chi connectivity index (χ2n) is 8.23. The fourth-order valence-electron chi connectivity index (χ4n) is 4.18. The van der Waals surface area contributed by atoms with Crippen LogP contribution in [0, 0.1) is 0 Å². The Morgan fingerprint density at radius 1 is 1.00 bits per heavy atom. The van der Waals surface area contributed by atoms with Crippen LogP contribution in [-0.4, -0.2) is 43.5 Å². The van der Waals surface area contributed by atoms with Crippen LogP contribution in [0.3, 0.4) is 0 Å². The van der Waals surface area contributed by atoms with E-state index in [2.05, 4.69) is 4.72 Å². The highest BCUT2D eigenvalue weighted by atomic mass is 32.2. The molecule has 30 heavy (non-hydrogen) atoms. The Bertz CT molecular complexity index is 1010. The van der Waals surface area contributed by atoms with Crippen LogP contribution in [0.15, 0.2) is 47.4 Å². The third-order valence-corrected chi connectivity index (χ3v) is 7.39. The molecule has 1 aliphatic carbocycles. The number of aryl methyl sites for hydroxylation is 2. The zero-order valence-electron chi connectivity index (χ0n) is 17.0. The largest absolute Gasteiger partial charge is 0.393 e. The number of aliphatic hydroxyl groups is 1. The topological polar surface area (TPSA) is 86.7 Å². The van der Waals surface area contributed by atoms with Crippen molar-refractivity contribution < 1.29 is 18.3 Å². The van der Waals surface area contributed by atoms with Crippen molar-refractivity contribution in [1.29, 1.82) is 0 Å². The third kappa shape index (κ3) is 4.84. The number of amides is 1. The number of anilines is 1. The van der Waals surface area contributed by atoms with Gasteiger partial charge in [-0.3, -0.25) is 9.52 Å². The summed E-state index contributed by atoms with van der Waals surface area (Å²) in [5, 5.41) is 9.57. The van der Waals surface area contributed by atoms with Crippen molar-refractivity contribution in [2.45, 2.75) is 55.9 Å². The monoisotopic (exact) mass is 428 g/mol. The summed E-state index contributed by atoms with van der Waals surface area (Å²) in [6.07, 6.45) is 5.40. The minimum atomic E-state index is -3.65. The van der Waals surface area contributed by atoms with Crippen molar-refractivity contribution in [3.63, 3.8) is 0 Å². The van der Waals surface area contributed by atoms with Crippen LogP contribution < -0.4 is 4.72 Å². The summed E-state index contributed by atoms with van der Waals surface area (Å²) in [6, 6.07) is 12.3. The normalized spacial score (nSPS) is 17.4. The lowest BCUT2D eigenvalue weighted by atomic mass is 9.92. The molecule has 2 aromatic rings. The maximum Gasteiger partial charge on any atom is 0.261 e. The number of aliphatic hydroxyl groups excluding tert-OH is 1. The highest BCUT2D eigenvalue weighted by Gasteiger charge is 2.21. The molecule has 0 atom stereocenters. The van der Waals surface area contributed by atoms with Crippen molar-refractivity contribution in [1.82, 2.24) is 4.90 Å². The van der Waals surface area contributed by atoms with E-state index in [-0.39, 0.29) is 23.3 Å². The van der Waals surface area contributed by atoms with Crippen LogP contribution in [-0.2, 0) is 34.1 Å². The Morgan fingerprint density at radius 2 is 1.67 bits per heavy atom. The number of hydrogen-bond acceptors (Lipinski definition) is 4. The lowest BCUT2D eigenvalue weighted by Gasteiger charge is -2.29. The molecule has 160 valence electrons. The zero-order valence-corrected chi connectivity index (χ0v) is 17.8. The number of likely N-dealkylation sites (tertiary alicyclic amines) is 1. The van der Waals surface area contributed by atoms with Crippen molar-refractivity contribution >= 4 is 21.6 Å². The molecule has 0 aromatic heterocycles. The predicted octanol–water partition coefficient (Wildman–Crippen LogP) is 2.89. The van der Waals surface area contributed by atoms with Crippen LogP contribution in [0.1, 0.15) is 42.4 Å². The first kappa shape index (κ1) is 20.9. The van der Waals surface area contributed by atoms with Gasteiger partial charge >= 0.3 is 0 Å². The zero-order chi connectivity index (χ0) is 21.1. The SMILES string of the molecule is O=C(Cc1ccc(NS(=O)(=O)c2ccc3c(c2)CCCC3)cc1)N1CCC(O)CC1. The molecule has 1 amide bonds. The number of piperidine rings is 1. The first-order chi connectivity index (χ1) is 14.4. The van der Waals surface area contributed by atoms with Crippen LogP contribution in [0.2, 0.25) is 0 Å². The molecule has 7 heteroatoms. The van der Waals surface area contributed by atoms with E-state index in [9.17, 15) is 18.3 Å². The Kier molecular flexibility index (Phi) is 6.11. The molecular weight excluding hydrogens is 400 g/mol. The second-order valence-corrected chi connectivity index (χ2v) is 9.91. The molecular formula is C23H28N2O4S. The highest BCUT2D eigenvalue weighted by molar-refractivity contribution is 7.92. The van der Waals surface area contributed by atoms with E-state index in [0.29, 0.717) is 31.6 Å². The van der Waals surface area contributed by atoms with Gasteiger partial charge in [-0.25, -0.2) is 8.42 Å². The molecule has 4 rings (SSSR count). The molecule has 0 spiro atoms. The van der Waals surface area contributed by atoms with E-state index >= 15 is 0 Å². The van der Waals surface area contributed by atoms with E-state index in [0.717, 1.165) is 36.8 Å². The molecule has 2 aromatic carbocycles. The summed E-state index contributed by atoms with van der Waals surface area (Å²) in [5.74, 6) is 0.0318. The number of fused-ring (bicyclic) bond motifs is 1. The fraction of sp³-hybridized carbons (Fsp3) is 0.435. The third-order valence-electron chi connectivity index (χ3n) is 6.01. The van der Waals surface area contributed by atoms with Gasteiger partial charge in [0.25, 0.3) is 10.0 Å². The summed E-state index contributed by atoms with van der Waals surface area (Å²) in [6.45, 7) is 1.16. The minimum absolute atomic E-state index is 0.0318. The average Bonchev–Trinajstić information content (AvgIpc) is 2.75. The summed E-state index contributed by atoms with van der Waals surface area (Å²) in [4.78, 5) is 14.5. The van der Waals surface area contributed by atoms with Gasteiger partial charge in [-0.1, -0.05) is 18.2 Å². The van der Waals surface area contributed by atoms with E-state index in [1.807, 2.05) is 6.07 Å². The maximum absolute atomic E-state index is 12.8. The first-order valence-corrected chi connectivity index (χ1v) is 12.1. The van der Waals surface area contributed by atoms with E-state index in [4.69, 9.17) is 0 Å². The van der Waals surface area contributed by atoms with Crippen LogP contribution in [0.4, 0.5) is 5.69 Å². The van der Waals surface area contributed by atoms with Gasteiger partial charge in [0.1, 0.15) is 0 Å². The van der Waals surface area contributed by atoms with Crippen LogP contribution in [0.25, 0.3) is 0 Å². The molecule has 1 fully saturated rings. The number of rotatable bonds is 5. The predicted molar refractivity (Wildman–Crippen MR) is 116 cm³/mol. The van der Waals surface area contributed by atoms with E-state index in [1.165, 1.54) is 5.56 Å². The van der Waals surface area contributed by atoms with Crippen LogP contribution >= 0.6 is 0 Å². The Hall–Kier alpha value is -2.38. The number of carbonyl (C=O) groups is 1. The number of hydrogen-bond donors (Lipinski definition) is 2. The van der Waals surface area contributed by atoms with Crippen LogP contribution in [0.5, 0.6) is 0 Å². The number of carbonyl (C=O) groups excluding carboxylic acids is 1. The fourth-order valence-corrected chi connectivity index (χ4v) is 5.29. The van der Waals surface area contributed by atoms with E-state index in [1.54, 1.807) is 41.3 Å². The summed E-state index contributed by atoms with van der Waals surface area (Å²) in [7, 11) is -3.65. The molecule has 6 nitrogen and oxygen atoms in total. The van der Waals surface area contributed by atoms with Gasteiger partial charge in [0.05, 0.1) is 17.4 Å². The molecule has 0 radical (unpaired) electrons. The second kappa shape index (κ2) is 8.78. The van der Waals surface area contributed by atoms with Crippen molar-refractivity contribution in [3.05, 3.63) is 59.2 Å². The standard InChI is InChI=1S/C23H28N2O4S/c26-21-11-13-25(14-12-21)23(27)15-17-5-8-20(9-6-17)24-30(28,29)22-10-7-18-3-1-2-4-19(18)16-22/h5-10,16,21,24,26H,1-4,11-15H2. The van der Waals surface area contributed by atoms with E-state index < -0.39 is 10.0 Å². The summed E-state index contributed by atoms with van der Waals surface area (Å²) in [5.41, 5.74) is 3.69. The summed E-state index contributed by atoms with van der Waals surface area (Å²) >= 11 is 0. The molecule has 1 aliphatic heterocycles. The van der Waals surface area contributed by atoms with Crippen molar-refractivity contribution in [2.75, 3.05) is 17.8 Å². The average molecular weight is 429 g/mol. The summed E-state index contributed by atoms with van der Waals surface area (Å²) < 4.78 is 28.2. The highest BCUT2D eigenvalue weighted by Crippen LogP contribution is 2.25. The first-order valence-electron chi connectivity index (χ1n) is 10.6. The molecule has 2 aliphatic rings. The van der Waals surface area contributed by atoms with Gasteiger partial charge in [0.15, 0.2) is 0 Å². The minimum Gasteiger partial charge on any atom is -0.393 e. The Balaban J connectivity index is 1.40. The number of benzene rings is 2. The number of nitrogens with zero attached hydrogens (tertiary/aromatic N) is 1. The maximum atomic E-state index is 12.8. The molecule has 2 N–H and O–H groups in total. The van der Waals surface area contributed by atoms with Crippen molar-refractivity contribution in [3.8, 4) is 0 Å².